The first kappa shape index (κ1) is 33.7. The van der Waals surface area contributed by atoms with Gasteiger partial charge in [0, 0.05) is 53.9 Å². The van der Waals surface area contributed by atoms with E-state index < -0.39 is 0 Å². The molecular formula is C56H35NOS. The first-order chi connectivity index (χ1) is 29.2. The van der Waals surface area contributed by atoms with Gasteiger partial charge >= 0.3 is 0 Å². The molecule has 2 aromatic heterocycles. The van der Waals surface area contributed by atoms with Gasteiger partial charge in [0.1, 0.15) is 11.2 Å². The van der Waals surface area contributed by atoms with Crippen LogP contribution in [0.4, 0.5) is 17.1 Å². The van der Waals surface area contributed by atoms with Crippen molar-refractivity contribution in [2.75, 3.05) is 4.90 Å². The van der Waals surface area contributed by atoms with Crippen molar-refractivity contribution >= 4 is 92.1 Å². The van der Waals surface area contributed by atoms with Crippen molar-refractivity contribution in [1.82, 2.24) is 0 Å². The maximum Gasteiger partial charge on any atom is 0.137 e. The van der Waals surface area contributed by atoms with Crippen LogP contribution in [0.1, 0.15) is 0 Å². The highest BCUT2D eigenvalue weighted by atomic mass is 32.1. The highest BCUT2D eigenvalue weighted by molar-refractivity contribution is 7.25. The predicted octanol–water partition coefficient (Wildman–Crippen LogP) is 16.7. The van der Waals surface area contributed by atoms with Gasteiger partial charge in [0.25, 0.3) is 0 Å². The standard InChI is InChI=1S/C56H35NOS/c1-3-15-36(16-4-1)48-35-52(49(37-17-5-2-6-18-37)34-51(48)50-31-38-19-7-8-20-41(38)42-21-9-10-22-43(42)50)57(39-27-29-45-44-23-11-13-25-53(44)58-54(45)32-39)40-28-30-47-46-24-12-14-26-55(46)59-56(47)33-40/h1-35H. The van der Waals surface area contributed by atoms with Crippen molar-refractivity contribution in [3.63, 3.8) is 0 Å². The Morgan fingerprint density at radius 1 is 0.322 bits per heavy atom. The van der Waals surface area contributed by atoms with Gasteiger partial charge in [-0.2, -0.15) is 0 Å². The third kappa shape index (κ3) is 5.55. The van der Waals surface area contributed by atoms with E-state index in [4.69, 9.17) is 4.42 Å². The van der Waals surface area contributed by atoms with E-state index in [0.717, 1.165) is 55.7 Å². The molecule has 12 rings (SSSR count). The lowest BCUT2D eigenvalue weighted by molar-refractivity contribution is 0.669. The quantitative estimate of drug-likeness (QED) is 0.157. The molecule has 0 fully saturated rings. The molecule has 0 unspecified atom stereocenters. The molecule has 0 amide bonds. The molecule has 0 aliphatic carbocycles. The molecule has 0 aliphatic rings. The molecule has 12 aromatic rings. The number of para-hydroxylation sites is 1. The summed E-state index contributed by atoms with van der Waals surface area (Å²) in [5, 5.41) is 9.76. The van der Waals surface area contributed by atoms with Gasteiger partial charge in [0.2, 0.25) is 0 Å². The molecule has 2 nitrogen and oxygen atoms in total. The third-order valence-corrected chi connectivity index (χ3v) is 13.0. The predicted molar refractivity (Wildman–Crippen MR) is 253 cm³/mol. The zero-order chi connectivity index (χ0) is 38.9. The number of benzene rings is 10. The van der Waals surface area contributed by atoms with E-state index in [2.05, 4.69) is 211 Å². The average molecular weight is 770 g/mol. The van der Waals surface area contributed by atoms with Gasteiger partial charge in [-0.25, -0.2) is 0 Å². The summed E-state index contributed by atoms with van der Waals surface area (Å²) in [6.45, 7) is 0. The smallest absolute Gasteiger partial charge is 0.137 e. The molecule has 0 N–H and O–H groups in total. The van der Waals surface area contributed by atoms with Crippen LogP contribution in [0.15, 0.2) is 217 Å². The largest absolute Gasteiger partial charge is 0.456 e. The Kier molecular flexibility index (Phi) is 7.75. The van der Waals surface area contributed by atoms with Gasteiger partial charge in [-0.05, 0) is 104 Å². The van der Waals surface area contributed by atoms with Gasteiger partial charge < -0.3 is 9.32 Å². The van der Waals surface area contributed by atoms with Crippen molar-refractivity contribution in [2.24, 2.45) is 0 Å². The maximum atomic E-state index is 6.56. The maximum absolute atomic E-state index is 6.56. The third-order valence-electron chi connectivity index (χ3n) is 11.8. The monoisotopic (exact) mass is 769 g/mol. The second-order valence-corrected chi connectivity index (χ2v) is 16.3. The Hall–Kier alpha value is -7.46. The van der Waals surface area contributed by atoms with Crippen molar-refractivity contribution in [2.45, 2.75) is 0 Å². The number of fused-ring (bicyclic) bond motifs is 9. The summed E-state index contributed by atoms with van der Waals surface area (Å²) in [4.78, 5) is 2.44. The minimum absolute atomic E-state index is 0.862. The van der Waals surface area contributed by atoms with Gasteiger partial charge in [-0.3, -0.25) is 0 Å². The van der Waals surface area contributed by atoms with E-state index in [1.807, 2.05) is 17.4 Å². The summed E-state index contributed by atoms with van der Waals surface area (Å²) in [7, 11) is 0. The first-order valence-corrected chi connectivity index (χ1v) is 20.9. The summed E-state index contributed by atoms with van der Waals surface area (Å²) >= 11 is 1.85. The van der Waals surface area contributed by atoms with Crippen LogP contribution in [0, 0.1) is 0 Å². The molecule has 0 aliphatic heterocycles. The zero-order valence-electron chi connectivity index (χ0n) is 32.0. The summed E-state index contributed by atoms with van der Waals surface area (Å²) in [5.41, 5.74) is 12.0. The Balaban J connectivity index is 1.19. The van der Waals surface area contributed by atoms with Gasteiger partial charge in [0.15, 0.2) is 0 Å². The summed E-state index contributed by atoms with van der Waals surface area (Å²) < 4.78 is 9.10. The minimum Gasteiger partial charge on any atom is -0.456 e. The van der Waals surface area contributed by atoms with Crippen LogP contribution in [0.3, 0.4) is 0 Å². The molecule has 276 valence electrons. The normalized spacial score (nSPS) is 11.7. The van der Waals surface area contributed by atoms with Crippen LogP contribution in [-0.2, 0) is 0 Å². The van der Waals surface area contributed by atoms with Crippen molar-refractivity contribution in [3.05, 3.63) is 212 Å². The minimum atomic E-state index is 0.862. The number of hydrogen-bond acceptors (Lipinski definition) is 3. The average Bonchev–Trinajstić information content (AvgIpc) is 3.87. The molecule has 0 spiro atoms. The SMILES string of the molecule is c1ccc(-c2cc(N(c3ccc4c(c3)oc3ccccc34)c3ccc4c(c3)sc3ccccc34)c(-c3ccccc3)cc2-c2cc3ccccc3c3ccccc23)cc1. The fourth-order valence-electron chi connectivity index (χ4n) is 9.11. The first-order valence-electron chi connectivity index (χ1n) is 20.1. The van der Waals surface area contributed by atoms with Gasteiger partial charge in [-0.15, -0.1) is 11.3 Å². The number of thiophene rings is 1. The van der Waals surface area contributed by atoms with Crippen LogP contribution >= 0.6 is 11.3 Å². The highest BCUT2D eigenvalue weighted by Crippen LogP contribution is 2.50. The zero-order valence-corrected chi connectivity index (χ0v) is 32.8. The van der Waals surface area contributed by atoms with Crippen molar-refractivity contribution in [1.29, 1.82) is 0 Å². The van der Waals surface area contributed by atoms with E-state index >= 15 is 0 Å². The van der Waals surface area contributed by atoms with E-state index in [-0.39, 0.29) is 0 Å². The van der Waals surface area contributed by atoms with E-state index in [0.29, 0.717) is 0 Å². The van der Waals surface area contributed by atoms with E-state index in [9.17, 15) is 0 Å². The molecular weight excluding hydrogens is 735 g/mol. The van der Waals surface area contributed by atoms with Crippen molar-refractivity contribution in [3.8, 4) is 33.4 Å². The molecule has 0 saturated carbocycles. The van der Waals surface area contributed by atoms with Crippen LogP contribution in [0.25, 0.3) is 97.0 Å². The molecule has 0 radical (unpaired) electrons. The Morgan fingerprint density at radius 3 is 1.69 bits per heavy atom. The topological polar surface area (TPSA) is 16.4 Å². The number of anilines is 3. The van der Waals surface area contributed by atoms with Crippen LogP contribution in [0.2, 0.25) is 0 Å². The Morgan fingerprint density at radius 2 is 0.898 bits per heavy atom. The number of hydrogen-bond donors (Lipinski definition) is 0. The lowest BCUT2D eigenvalue weighted by Gasteiger charge is -2.30. The molecule has 3 heteroatoms. The second kappa shape index (κ2) is 13.6. The molecule has 0 saturated heterocycles. The summed E-state index contributed by atoms with van der Waals surface area (Å²) in [6, 6.07) is 77.2. The second-order valence-electron chi connectivity index (χ2n) is 15.2. The summed E-state index contributed by atoms with van der Waals surface area (Å²) in [6.07, 6.45) is 0. The Bertz CT molecular complexity index is 3450. The van der Waals surface area contributed by atoms with Crippen molar-refractivity contribution < 1.29 is 4.42 Å². The Labute approximate surface area is 345 Å². The number of furan rings is 1. The van der Waals surface area contributed by atoms with Crippen LogP contribution in [0.5, 0.6) is 0 Å². The molecule has 59 heavy (non-hydrogen) atoms. The summed E-state index contributed by atoms with van der Waals surface area (Å²) in [5.74, 6) is 0. The molecule has 10 aromatic carbocycles. The fraction of sp³-hybridized carbons (Fsp3) is 0. The van der Waals surface area contributed by atoms with Gasteiger partial charge in [0.05, 0.1) is 5.69 Å². The van der Waals surface area contributed by atoms with Crippen LogP contribution < -0.4 is 4.90 Å². The lowest BCUT2D eigenvalue weighted by atomic mass is 9.86. The molecule has 2 heterocycles. The fourth-order valence-corrected chi connectivity index (χ4v) is 10.3. The number of nitrogens with zero attached hydrogens (tertiary/aromatic N) is 1. The lowest BCUT2D eigenvalue weighted by Crippen LogP contribution is -2.12. The molecule has 0 bridgehead atoms. The van der Waals surface area contributed by atoms with E-state index in [1.165, 1.54) is 58.4 Å². The van der Waals surface area contributed by atoms with Gasteiger partial charge in [-0.1, -0.05) is 152 Å². The molecule has 0 atom stereocenters. The number of rotatable bonds is 6. The van der Waals surface area contributed by atoms with Crippen LogP contribution in [-0.4, -0.2) is 0 Å². The highest BCUT2D eigenvalue weighted by Gasteiger charge is 2.24. The van der Waals surface area contributed by atoms with E-state index in [1.54, 1.807) is 0 Å².